The molecular formula is C24H22F3N3O5. The smallest absolute Gasteiger partial charge is 0.405 e. The van der Waals surface area contributed by atoms with Crippen LogP contribution in [0.1, 0.15) is 44.7 Å². The number of nitrogens with one attached hydrogen (secondary N) is 1. The second kappa shape index (κ2) is 9.40. The van der Waals surface area contributed by atoms with Crippen LogP contribution in [0.4, 0.5) is 18.9 Å². The van der Waals surface area contributed by atoms with Crippen molar-refractivity contribution in [2.45, 2.75) is 38.2 Å². The highest BCUT2D eigenvalue weighted by Gasteiger charge is 2.39. The second-order valence-electron chi connectivity index (χ2n) is 8.41. The molecule has 1 unspecified atom stereocenters. The Bertz CT molecular complexity index is 1200. The number of carbonyl (C=O) groups is 4. The topological polar surface area (TPSA) is 96.0 Å². The number of likely N-dealkylation sites (N-methyl/N-ethyl adjacent to an activating group) is 1. The SMILES string of the molecule is CN1CCc2c(OC(F)(F)F)cccc21.O=Cc1ccc2c(c1)CN(C1CCC(=O)NC1=O)C2=O. The first-order valence-corrected chi connectivity index (χ1v) is 10.9. The number of hydrogen-bond donors (Lipinski definition) is 1. The molecule has 5 rings (SSSR count). The van der Waals surface area contributed by atoms with E-state index in [9.17, 15) is 32.3 Å². The van der Waals surface area contributed by atoms with Crippen LogP contribution in [0.15, 0.2) is 36.4 Å². The van der Waals surface area contributed by atoms with Crippen molar-refractivity contribution in [1.29, 1.82) is 0 Å². The van der Waals surface area contributed by atoms with Crippen molar-refractivity contribution in [3.05, 3.63) is 58.7 Å². The Morgan fingerprint density at radius 1 is 1.11 bits per heavy atom. The Morgan fingerprint density at radius 3 is 2.57 bits per heavy atom. The molecule has 0 spiro atoms. The van der Waals surface area contributed by atoms with E-state index in [0.717, 1.165) is 24.1 Å². The molecule has 0 aliphatic carbocycles. The molecule has 3 amide bonds. The molecule has 1 atom stereocenters. The Balaban J connectivity index is 0.000000172. The Labute approximate surface area is 198 Å². The van der Waals surface area contributed by atoms with E-state index in [2.05, 4.69) is 10.1 Å². The van der Waals surface area contributed by atoms with Crippen molar-refractivity contribution in [2.24, 2.45) is 0 Å². The summed E-state index contributed by atoms with van der Waals surface area (Å²) < 4.78 is 40.2. The van der Waals surface area contributed by atoms with Crippen LogP contribution in [0.3, 0.4) is 0 Å². The van der Waals surface area contributed by atoms with Crippen LogP contribution in [0.5, 0.6) is 5.75 Å². The molecule has 1 N–H and O–H groups in total. The van der Waals surface area contributed by atoms with E-state index in [1.54, 1.807) is 30.3 Å². The Kier molecular flexibility index (Phi) is 6.51. The first-order chi connectivity index (χ1) is 16.6. The number of imide groups is 1. The summed E-state index contributed by atoms with van der Waals surface area (Å²) in [7, 11) is 1.85. The fraction of sp³-hybridized carbons (Fsp3) is 0.333. The van der Waals surface area contributed by atoms with Gasteiger partial charge in [0, 0.05) is 48.9 Å². The fourth-order valence-corrected chi connectivity index (χ4v) is 4.45. The quantitative estimate of drug-likeness (QED) is 0.526. The third kappa shape index (κ3) is 5.13. The maximum absolute atomic E-state index is 12.3. The van der Waals surface area contributed by atoms with Crippen LogP contribution < -0.4 is 15.0 Å². The standard InChI is InChI=1S/C14H12N2O4.C10H10F3NO/c17-7-8-1-2-10-9(5-8)6-16(14(10)20)11-3-4-12(18)15-13(11)19;1-14-6-5-7-8(14)3-2-4-9(7)15-10(11,12)13/h1-2,5,7,11H,3-4,6H2,(H,15,18,19);2-4H,5-6H2,1H3. The van der Waals surface area contributed by atoms with E-state index in [-0.39, 0.29) is 24.0 Å². The van der Waals surface area contributed by atoms with E-state index in [1.165, 1.54) is 11.0 Å². The van der Waals surface area contributed by atoms with Gasteiger partial charge in [-0.1, -0.05) is 12.1 Å². The summed E-state index contributed by atoms with van der Waals surface area (Å²) in [5, 5.41) is 2.25. The summed E-state index contributed by atoms with van der Waals surface area (Å²) in [5.41, 5.74) is 3.21. The van der Waals surface area contributed by atoms with Gasteiger partial charge in [0.2, 0.25) is 11.8 Å². The van der Waals surface area contributed by atoms with E-state index in [1.807, 2.05) is 11.9 Å². The average molecular weight is 489 g/mol. The molecule has 0 saturated carbocycles. The third-order valence-corrected chi connectivity index (χ3v) is 6.13. The summed E-state index contributed by atoms with van der Waals surface area (Å²) in [6.45, 7) is 1.02. The molecule has 0 radical (unpaired) electrons. The molecule has 8 nitrogen and oxygen atoms in total. The van der Waals surface area contributed by atoms with Gasteiger partial charge in [-0.15, -0.1) is 13.2 Å². The normalized spacial score (nSPS) is 19.0. The van der Waals surface area contributed by atoms with Crippen molar-refractivity contribution in [3.63, 3.8) is 0 Å². The van der Waals surface area contributed by atoms with Gasteiger partial charge >= 0.3 is 6.36 Å². The number of fused-ring (bicyclic) bond motifs is 2. The van der Waals surface area contributed by atoms with Crippen LogP contribution in [0.2, 0.25) is 0 Å². The number of ether oxygens (including phenoxy) is 1. The zero-order valence-corrected chi connectivity index (χ0v) is 18.7. The van der Waals surface area contributed by atoms with Gasteiger partial charge in [-0.3, -0.25) is 24.5 Å². The predicted octanol–water partition coefficient (Wildman–Crippen LogP) is 2.84. The van der Waals surface area contributed by atoms with Crippen molar-refractivity contribution in [3.8, 4) is 5.75 Å². The molecule has 3 heterocycles. The van der Waals surface area contributed by atoms with Gasteiger partial charge in [-0.05, 0) is 42.7 Å². The van der Waals surface area contributed by atoms with Crippen LogP contribution in [0, 0.1) is 0 Å². The summed E-state index contributed by atoms with van der Waals surface area (Å²) in [6, 6.07) is 8.95. The van der Waals surface area contributed by atoms with Crippen molar-refractivity contribution < 1.29 is 37.1 Å². The summed E-state index contributed by atoms with van der Waals surface area (Å²) in [6.07, 6.45) is -2.73. The lowest BCUT2D eigenvalue weighted by molar-refractivity contribution is -0.274. The molecule has 35 heavy (non-hydrogen) atoms. The number of hydrogen-bond acceptors (Lipinski definition) is 6. The number of rotatable bonds is 3. The van der Waals surface area contributed by atoms with Crippen molar-refractivity contribution in [1.82, 2.24) is 10.2 Å². The third-order valence-electron chi connectivity index (χ3n) is 6.13. The summed E-state index contributed by atoms with van der Waals surface area (Å²) >= 11 is 0. The number of anilines is 1. The van der Waals surface area contributed by atoms with Crippen LogP contribution >= 0.6 is 0 Å². The number of nitrogens with zero attached hydrogens (tertiary/aromatic N) is 2. The lowest BCUT2D eigenvalue weighted by atomic mass is 10.0. The average Bonchev–Trinajstić information content (AvgIpc) is 3.34. The minimum Gasteiger partial charge on any atom is -0.405 e. The van der Waals surface area contributed by atoms with Gasteiger partial charge in [0.25, 0.3) is 5.91 Å². The molecule has 3 aliphatic rings. The predicted molar refractivity (Wildman–Crippen MR) is 118 cm³/mol. The molecule has 184 valence electrons. The zero-order chi connectivity index (χ0) is 25.3. The van der Waals surface area contributed by atoms with Crippen molar-refractivity contribution in [2.75, 3.05) is 18.5 Å². The van der Waals surface area contributed by atoms with Gasteiger partial charge in [-0.25, -0.2) is 0 Å². The molecule has 11 heteroatoms. The highest BCUT2D eigenvalue weighted by molar-refractivity contribution is 6.05. The van der Waals surface area contributed by atoms with Gasteiger partial charge in [0.1, 0.15) is 18.1 Å². The Hall–Kier alpha value is -3.89. The maximum atomic E-state index is 12.3. The number of benzene rings is 2. The van der Waals surface area contributed by atoms with E-state index < -0.39 is 18.3 Å². The molecule has 3 aliphatic heterocycles. The van der Waals surface area contributed by atoms with Crippen LogP contribution in [-0.4, -0.2) is 54.9 Å². The summed E-state index contributed by atoms with van der Waals surface area (Å²) in [4.78, 5) is 49.4. The summed E-state index contributed by atoms with van der Waals surface area (Å²) in [5.74, 6) is -1.05. The molecule has 2 aromatic rings. The van der Waals surface area contributed by atoms with E-state index in [0.29, 0.717) is 36.1 Å². The van der Waals surface area contributed by atoms with Crippen molar-refractivity contribution >= 4 is 29.7 Å². The number of aldehydes is 1. The largest absolute Gasteiger partial charge is 0.573 e. The van der Waals surface area contributed by atoms with Gasteiger partial charge < -0.3 is 14.5 Å². The minimum absolute atomic E-state index is 0.0793. The van der Waals surface area contributed by atoms with Gasteiger partial charge in [-0.2, -0.15) is 0 Å². The number of halogens is 3. The molecular weight excluding hydrogens is 467 g/mol. The lowest BCUT2D eigenvalue weighted by Crippen LogP contribution is -2.52. The highest BCUT2D eigenvalue weighted by Crippen LogP contribution is 2.36. The lowest BCUT2D eigenvalue weighted by Gasteiger charge is -2.29. The number of alkyl halides is 3. The minimum atomic E-state index is -4.61. The molecule has 0 bridgehead atoms. The Morgan fingerprint density at radius 2 is 1.89 bits per heavy atom. The van der Waals surface area contributed by atoms with Gasteiger partial charge in [0.15, 0.2) is 0 Å². The van der Waals surface area contributed by atoms with Gasteiger partial charge in [0.05, 0.1) is 0 Å². The highest BCUT2D eigenvalue weighted by atomic mass is 19.4. The first-order valence-electron chi connectivity index (χ1n) is 10.9. The fourth-order valence-electron chi connectivity index (χ4n) is 4.45. The van der Waals surface area contributed by atoms with E-state index >= 15 is 0 Å². The second-order valence-corrected chi connectivity index (χ2v) is 8.41. The number of carbonyl (C=O) groups excluding carboxylic acids is 4. The molecule has 1 saturated heterocycles. The monoisotopic (exact) mass is 489 g/mol. The molecule has 1 fully saturated rings. The van der Waals surface area contributed by atoms with E-state index in [4.69, 9.17) is 0 Å². The maximum Gasteiger partial charge on any atom is 0.573 e. The number of piperidine rings is 1. The first kappa shape index (κ1) is 24.2. The zero-order valence-electron chi connectivity index (χ0n) is 18.7. The molecule has 0 aromatic heterocycles. The number of amides is 3. The van der Waals surface area contributed by atoms with Crippen LogP contribution in [0.25, 0.3) is 0 Å². The van der Waals surface area contributed by atoms with Crippen LogP contribution in [-0.2, 0) is 22.6 Å². The molecule has 2 aromatic carbocycles.